The van der Waals surface area contributed by atoms with Crippen LogP contribution < -0.4 is 16.4 Å². The fraction of sp³-hybridized carbons (Fsp3) is 0.286. The van der Waals surface area contributed by atoms with Crippen molar-refractivity contribution in [2.75, 3.05) is 6.54 Å². The van der Waals surface area contributed by atoms with Crippen molar-refractivity contribution in [2.45, 2.75) is 45.1 Å². The highest BCUT2D eigenvalue weighted by molar-refractivity contribution is 5.92. The lowest BCUT2D eigenvalue weighted by Crippen LogP contribution is -2.32. The standard InChI is InChI=1S/C28H33N3O5/c1-18(30-16-26(34)23-9-10-25(33)24(14-23)17-32)11-20-3-2-4-21(12-20)13-27(35)31-15-19-5-7-22(8-6-19)28(29)36/h2-10,12,14,18,26,30,32-34H,11,13,15-17H2,1H3,(H2,29,36)(H,31,35)/t18?,26-/m0/s1. The number of phenols is 1. The minimum atomic E-state index is -0.777. The number of nitrogens with one attached hydrogen (secondary N) is 2. The Morgan fingerprint density at radius 3 is 2.39 bits per heavy atom. The molecule has 36 heavy (non-hydrogen) atoms. The van der Waals surface area contributed by atoms with E-state index in [1.54, 1.807) is 36.4 Å². The van der Waals surface area contributed by atoms with E-state index in [1.165, 1.54) is 6.07 Å². The van der Waals surface area contributed by atoms with Gasteiger partial charge in [0.1, 0.15) is 5.75 Å². The van der Waals surface area contributed by atoms with Crippen molar-refractivity contribution in [2.24, 2.45) is 5.73 Å². The number of rotatable bonds is 12. The van der Waals surface area contributed by atoms with Crippen LogP contribution in [0.3, 0.4) is 0 Å². The number of benzene rings is 3. The molecule has 2 atom stereocenters. The summed E-state index contributed by atoms with van der Waals surface area (Å²) in [5.41, 5.74) is 9.52. The largest absolute Gasteiger partial charge is 0.508 e. The highest BCUT2D eigenvalue weighted by Gasteiger charge is 2.13. The summed E-state index contributed by atoms with van der Waals surface area (Å²) in [7, 11) is 0. The Morgan fingerprint density at radius 1 is 0.972 bits per heavy atom. The number of aromatic hydroxyl groups is 1. The van der Waals surface area contributed by atoms with E-state index in [0.29, 0.717) is 36.2 Å². The van der Waals surface area contributed by atoms with Gasteiger partial charge in [0.25, 0.3) is 0 Å². The van der Waals surface area contributed by atoms with E-state index in [0.717, 1.165) is 16.7 Å². The SMILES string of the molecule is CC(Cc1cccc(CC(=O)NCc2ccc(C(N)=O)cc2)c1)NC[C@H](O)c1ccc(O)c(CO)c1. The van der Waals surface area contributed by atoms with Gasteiger partial charge in [-0.2, -0.15) is 0 Å². The molecule has 1 unspecified atom stereocenters. The van der Waals surface area contributed by atoms with Gasteiger partial charge in [-0.05, 0) is 59.9 Å². The predicted octanol–water partition coefficient (Wildman–Crippen LogP) is 2.10. The smallest absolute Gasteiger partial charge is 0.248 e. The molecule has 8 heteroatoms. The molecule has 190 valence electrons. The molecule has 8 nitrogen and oxygen atoms in total. The Labute approximate surface area is 210 Å². The zero-order valence-corrected chi connectivity index (χ0v) is 20.3. The molecule has 3 aromatic rings. The summed E-state index contributed by atoms with van der Waals surface area (Å²) in [4.78, 5) is 23.6. The highest BCUT2D eigenvalue weighted by atomic mass is 16.3. The Balaban J connectivity index is 1.47. The number of aliphatic hydroxyl groups excluding tert-OH is 2. The molecule has 0 bridgehead atoms. The third kappa shape index (κ3) is 7.91. The van der Waals surface area contributed by atoms with Crippen LogP contribution in [0, 0.1) is 0 Å². The summed E-state index contributed by atoms with van der Waals surface area (Å²) in [6.07, 6.45) is 0.188. The topological polar surface area (TPSA) is 145 Å². The maximum atomic E-state index is 12.4. The zero-order valence-electron chi connectivity index (χ0n) is 20.3. The average molecular weight is 492 g/mol. The van der Waals surface area contributed by atoms with Crippen molar-refractivity contribution >= 4 is 11.8 Å². The number of carbonyl (C=O) groups is 2. The van der Waals surface area contributed by atoms with Gasteiger partial charge < -0.3 is 31.7 Å². The average Bonchev–Trinajstić information content (AvgIpc) is 2.86. The monoisotopic (exact) mass is 491 g/mol. The summed E-state index contributed by atoms with van der Waals surface area (Å²) in [5, 5.41) is 35.6. The first-order valence-corrected chi connectivity index (χ1v) is 11.8. The Bertz CT molecular complexity index is 1180. The molecule has 7 N–H and O–H groups in total. The van der Waals surface area contributed by atoms with Crippen LogP contribution in [0.5, 0.6) is 5.75 Å². The van der Waals surface area contributed by atoms with Gasteiger partial charge in [-0.25, -0.2) is 0 Å². The van der Waals surface area contributed by atoms with Crippen LogP contribution >= 0.6 is 0 Å². The molecule has 3 aromatic carbocycles. The summed E-state index contributed by atoms with van der Waals surface area (Å²) in [6, 6.07) is 19.4. The fourth-order valence-electron chi connectivity index (χ4n) is 3.90. The van der Waals surface area contributed by atoms with Crippen molar-refractivity contribution in [1.82, 2.24) is 10.6 Å². The van der Waals surface area contributed by atoms with Crippen LogP contribution in [0.2, 0.25) is 0 Å². The third-order valence-electron chi connectivity index (χ3n) is 5.94. The van der Waals surface area contributed by atoms with Gasteiger partial charge in [0.2, 0.25) is 11.8 Å². The number of hydrogen-bond donors (Lipinski definition) is 6. The van der Waals surface area contributed by atoms with E-state index < -0.39 is 12.0 Å². The minimum Gasteiger partial charge on any atom is -0.508 e. The second-order valence-electron chi connectivity index (χ2n) is 8.91. The summed E-state index contributed by atoms with van der Waals surface area (Å²) in [6.45, 7) is 2.40. The highest BCUT2D eigenvalue weighted by Crippen LogP contribution is 2.22. The van der Waals surface area contributed by atoms with E-state index >= 15 is 0 Å². The van der Waals surface area contributed by atoms with E-state index in [9.17, 15) is 24.9 Å². The van der Waals surface area contributed by atoms with Crippen LogP contribution in [0.4, 0.5) is 0 Å². The van der Waals surface area contributed by atoms with Crippen LogP contribution in [-0.2, 0) is 30.8 Å². The third-order valence-corrected chi connectivity index (χ3v) is 5.94. The first-order valence-electron chi connectivity index (χ1n) is 11.8. The first kappa shape index (κ1) is 26.9. The molecule has 3 rings (SSSR count). The van der Waals surface area contributed by atoms with Gasteiger partial charge in [-0.3, -0.25) is 9.59 Å². The predicted molar refractivity (Wildman–Crippen MR) is 137 cm³/mol. The van der Waals surface area contributed by atoms with Crippen LogP contribution in [0.15, 0.2) is 66.7 Å². The van der Waals surface area contributed by atoms with Gasteiger partial charge in [-0.15, -0.1) is 0 Å². The molecule has 0 fully saturated rings. The zero-order chi connectivity index (χ0) is 26.1. The molecular formula is C28H33N3O5. The Hall–Kier alpha value is -3.72. The molecule has 0 heterocycles. The Kier molecular flexibility index (Phi) is 9.58. The molecule has 0 aliphatic heterocycles. The molecule has 0 saturated heterocycles. The first-order chi connectivity index (χ1) is 17.2. The molecular weight excluding hydrogens is 458 g/mol. The number of aliphatic hydroxyl groups is 2. The lowest BCUT2D eigenvalue weighted by Gasteiger charge is -2.18. The van der Waals surface area contributed by atoms with Crippen LogP contribution in [0.25, 0.3) is 0 Å². The van der Waals surface area contributed by atoms with Gasteiger partial charge in [0.15, 0.2) is 0 Å². The summed E-state index contributed by atoms with van der Waals surface area (Å²) < 4.78 is 0. The normalized spacial score (nSPS) is 12.6. The van der Waals surface area contributed by atoms with Gasteiger partial charge in [0.05, 0.1) is 19.1 Å². The van der Waals surface area contributed by atoms with Gasteiger partial charge >= 0.3 is 0 Å². The molecule has 0 aliphatic carbocycles. The van der Waals surface area contributed by atoms with E-state index in [-0.39, 0.29) is 30.7 Å². The molecule has 0 aliphatic rings. The second kappa shape index (κ2) is 12.8. The lowest BCUT2D eigenvalue weighted by molar-refractivity contribution is -0.120. The van der Waals surface area contributed by atoms with Crippen molar-refractivity contribution in [3.63, 3.8) is 0 Å². The molecule has 0 saturated carbocycles. The van der Waals surface area contributed by atoms with E-state index in [4.69, 9.17) is 5.73 Å². The summed E-state index contributed by atoms with van der Waals surface area (Å²) >= 11 is 0. The van der Waals surface area contributed by atoms with Gasteiger partial charge in [0, 0.05) is 30.3 Å². The maximum Gasteiger partial charge on any atom is 0.248 e. The van der Waals surface area contributed by atoms with E-state index in [1.807, 2.05) is 31.2 Å². The number of nitrogens with two attached hydrogens (primary N) is 1. The fourth-order valence-corrected chi connectivity index (χ4v) is 3.90. The number of amides is 2. The molecule has 2 amide bonds. The number of carbonyl (C=O) groups excluding carboxylic acids is 2. The van der Waals surface area contributed by atoms with Crippen LogP contribution in [-0.4, -0.2) is 39.7 Å². The van der Waals surface area contributed by atoms with Gasteiger partial charge in [-0.1, -0.05) is 42.5 Å². The van der Waals surface area contributed by atoms with Crippen molar-refractivity contribution in [1.29, 1.82) is 0 Å². The van der Waals surface area contributed by atoms with Crippen molar-refractivity contribution < 1.29 is 24.9 Å². The maximum absolute atomic E-state index is 12.4. The summed E-state index contributed by atoms with van der Waals surface area (Å²) in [5.74, 6) is -0.584. The van der Waals surface area contributed by atoms with Crippen molar-refractivity contribution in [3.8, 4) is 5.75 Å². The molecule has 0 spiro atoms. The van der Waals surface area contributed by atoms with Crippen LogP contribution in [0.1, 0.15) is 51.2 Å². The number of hydrogen-bond acceptors (Lipinski definition) is 6. The van der Waals surface area contributed by atoms with E-state index in [2.05, 4.69) is 10.6 Å². The lowest BCUT2D eigenvalue weighted by atomic mass is 10.0. The molecule has 0 radical (unpaired) electrons. The number of primary amides is 1. The van der Waals surface area contributed by atoms with Crippen molar-refractivity contribution in [3.05, 3.63) is 100 Å². The quantitative estimate of drug-likeness (QED) is 0.229. The molecule has 0 aromatic heterocycles. The minimum absolute atomic E-state index is 0.00204. The second-order valence-corrected chi connectivity index (χ2v) is 8.91. The Morgan fingerprint density at radius 2 is 1.69 bits per heavy atom.